The first-order valence-corrected chi connectivity index (χ1v) is 9.73. The van der Waals surface area contributed by atoms with Crippen molar-refractivity contribution in [2.75, 3.05) is 6.61 Å². The number of aromatic nitrogens is 1. The predicted molar refractivity (Wildman–Crippen MR) is 108 cm³/mol. The Hall–Kier alpha value is -2.38. The van der Waals surface area contributed by atoms with Crippen LogP contribution in [0.25, 0.3) is 11.1 Å². The lowest BCUT2D eigenvalue weighted by Gasteiger charge is -2.08. The van der Waals surface area contributed by atoms with Crippen molar-refractivity contribution in [1.29, 1.82) is 0 Å². The van der Waals surface area contributed by atoms with Crippen molar-refractivity contribution in [3.63, 3.8) is 0 Å². The summed E-state index contributed by atoms with van der Waals surface area (Å²) in [4.78, 5) is 12.0. The highest BCUT2D eigenvalue weighted by molar-refractivity contribution is 6.30. The van der Waals surface area contributed by atoms with Crippen molar-refractivity contribution in [3.8, 4) is 11.1 Å². The van der Waals surface area contributed by atoms with Crippen molar-refractivity contribution < 1.29 is 44.3 Å². The minimum atomic E-state index is -4.37. The molecule has 0 aliphatic carbocycles. The minimum Gasteiger partial charge on any atom is -1.00 e. The molecule has 2 aromatic carbocycles. The highest BCUT2D eigenvalue weighted by Gasteiger charge is 2.30. The average molecular weight is 515 g/mol. The van der Waals surface area contributed by atoms with Gasteiger partial charge in [-0.05, 0) is 42.8 Å². The molecule has 3 nitrogen and oxygen atoms in total. The van der Waals surface area contributed by atoms with Crippen LogP contribution >= 0.6 is 11.6 Å². The van der Waals surface area contributed by atoms with Crippen LogP contribution in [-0.2, 0) is 28.7 Å². The summed E-state index contributed by atoms with van der Waals surface area (Å²) >= 11 is 6.11. The van der Waals surface area contributed by atoms with E-state index in [2.05, 4.69) is 0 Å². The van der Waals surface area contributed by atoms with E-state index in [0.717, 1.165) is 28.8 Å². The van der Waals surface area contributed by atoms with E-state index >= 15 is 0 Å². The van der Waals surface area contributed by atoms with E-state index in [0.29, 0.717) is 23.7 Å². The van der Waals surface area contributed by atoms with Crippen molar-refractivity contribution >= 4 is 17.6 Å². The molecule has 0 saturated carbocycles. The molecule has 0 aliphatic heterocycles. The molecule has 0 bridgehead atoms. The number of hydrogen-bond acceptors (Lipinski definition) is 2. The quantitative estimate of drug-likeness (QED) is 0.374. The maximum Gasteiger partial charge on any atom is 0.416 e. The van der Waals surface area contributed by atoms with Crippen molar-refractivity contribution in [2.45, 2.75) is 26.1 Å². The number of benzene rings is 2. The Morgan fingerprint density at radius 1 is 1.00 bits per heavy atom. The normalized spacial score (nSPS) is 11.0. The molecule has 3 aromatic rings. The zero-order chi connectivity index (χ0) is 21.7. The molecule has 1 aromatic heterocycles. The fourth-order valence-corrected chi connectivity index (χ4v) is 3.30. The lowest BCUT2D eigenvalue weighted by Crippen LogP contribution is -3.00. The fraction of sp³-hybridized carbons (Fsp3) is 0.217. The van der Waals surface area contributed by atoms with Gasteiger partial charge in [0, 0.05) is 21.7 Å². The number of nitrogens with zero attached hydrogens (tertiary/aromatic N) is 1. The topological polar surface area (TPSA) is 30.2 Å². The SMILES string of the molecule is CCOC(=O)Cc1cc(-c2cccc(Cl)c2)c[n+](Cc2ccc(C(F)(F)F)cc2)c1.[Br-]. The van der Waals surface area contributed by atoms with Crippen LogP contribution < -0.4 is 21.5 Å². The van der Waals surface area contributed by atoms with Crippen LogP contribution in [0, 0.1) is 0 Å². The maximum absolute atomic E-state index is 12.8. The number of carbonyl (C=O) groups is 1. The number of ether oxygens (including phenoxy) is 1. The average Bonchev–Trinajstić information content (AvgIpc) is 2.67. The molecular weight excluding hydrogens is 495 g/mol. The zero-order valence-corrected chi connectivity index (χ0v) is 19.0. The predicted octanol–water partition coefficient (Wildman–Crippen LogP) is 2.47. The van der Waals surface area contributed by atoms with Crippen molar-refractivity contribution in [1.82, 2.24) is 0 Å². The summed E-state index contributed by atoms with van der Waals surface area (Å²) < 4.78 is 45.3. The number of rotatable bonds is 6. The van der Waals surface area contributed by atoms with E-state index in [1.54, 1.807) is 19.2 Å². The van der Waals surface area contributed by atoms with Crippen LogP contribution in [0.5, 0.6) is 0 Å². The van der Waals surface area contributed by atoms with Gasteiger partial charge in [0.05, 0.1) is 18.6 Å². The summed E-state index contributed by atoms with van der Waals surface area (Å²) in [6.45, 7) is 2.38. The van der Waals surface area contributed by atoms with E-state index in [-0.39, 0.29) is 29.4 Å². The molecule has 0 fully saturated rings. The molecule has 0 amide bonds. The molecule has 0 radical (unpaired) electrons. The first kappa shape index (κ1) is 24.9. The molecule has 0 aliphatic rings. The van der Waals surface area contributed by atoms with Gasteiger partial charge in [0.15, 0.2) is 18.9 Å². The van der Waals surface area contributed by atoms with Gasteiger partial charge in [-0.25, -0.2) is 0 Å². The Bertz CT molecular complexity index is 1040. The summed E-state index contributed by atoms with van der Waals surface area (Å²) in [5, 5.41) is 0.581. The number of alkyl halides is 3. The third-order valence-corrected chi connectivity index (χ3v) is 4.67. The summed E-state index contributed by atoms with van der Waals surface area (Å²) in [5.41, 5.74) is 2.46. The first-order chi connectivity index (χ1) is 14.2. The minimum absolute atomic E-state index is 0. The van der Waals surface area contributed by atoms with Gasteiger partial charge in [0.2, 0.25) is 0 Å². The second-order valence-electron chi connectivity index (χ2n) is 6.79. The van der Waals surface area contributed by atoms with Gasteiger partial charge < -0.3 is 21.7 Å². The first-order valence-electron chi connectivity index (χ1n) is 9.35. The Balaban J connectivity index is 0.00000341. The van der Waals surface area contributed by atoms with Gasteiger partial charge in [-0.15, -0.1) is 0 Å². The van der Waals surface area contributed by atoms with Crippen LogP contribution in [0.15, 0.2) is 67.0 Å². The lowest BCUT2D eigenvalue weighted by atomic mass is 10.0. The number of halogens is 5. The van der Waals surface area contributed by atoms with E-state index in [4.69, 9.17) is 16.3 Å². The molecule has 31 heavy (non-hydrogen) atoms. The maximum atomic E-state index is 12.8. The Labute approximate surface area is 194 Å². The molecule has 0 N–H and O–H groups in total. The fourth-order valence-electron chi connectivity index (χ4n) is 3.11. The lowest BCUT2D eigenvalue weighted by molar-refractivity contribution is -0.688. The van der Waals surface area contributed by atoms with Gasteiger partial charge >= 0.3 is 12.1 Å². The summed E-state index contributed by atoms with van der Waals surface area (Å²) in [6.07, 6.45) is -0.610. The molecule has 3 rings (SSSR count). The van der Waals surface area contributed by atoms with E-state index in [1.807, 2.05) is 35.0 Å². The molecule has 1 heterocycles. The van der Waals surface area contributed by atoms with Gasteiger partial charge in [-0.1, -0.05) is 35.9 Å². The van der Waals surface area contributed by atoms with Crippen LogP contribution in [0.4, 0.5) is 13.2 Å². The Kier molecular flexibility index (Phi) is 8.65. The monoisotopic (exact) mass is 513 g/mol. The van der Waals surface area contributed by atoms with Crippen molar-refractivity contribution in [3.05, 3.63) is 88.7 Å². The molecular formula is C23H20BrClF3NO2. The van der Waals surface area contributed by atoms with Crippen molar-refractivity contribution in [2.24, 2.45) is 0 Å². The highest BCUT2D eigenvalue weighted by atomic mass is 79.9. The summed E-state index contributed by atoms with van der Waals surface area (Å²) in [7, 11) is 0. The van der Waals surface area contributed by atoms with Gasteiger partial charge in [-0.3, -0.25) is 4.79 Å². The van der Waals surface area contributed by atoms with E-state index in [1.165, 1.54) is 12.1 Å². The third kappa shape index (κ3) is 7.08. The number of pyridine rings is 1. The van der Waals surface area contributed by atoms with Crippen LogP contribution in [0.2, 0.25) is 5.02 Å². The van der Waals surface area contributed by atoms with Crippen LogP contribution in [-0.4, -0.2) is 12.6 Å². The molecule has 0 atom stereocenters. The van der Waals surface area contributed by atoms with Gasteiger partial charge in [0.1, 0.15) is 0 Å². The molecule has 0 saturated heterocycles. The van der Waals surface area contributed by atoms with Crippen LogP contribution in [0.3, 0.4) is 0 Å². The Morgan fingerprint density at radius 2 is 1.71 bits per heavy atom. The molecule has 0 spiro atoms. The standard InChI is InChI=1S/C23H20ClF3NO2.BrH/c1-2-30-22(29)11-17-10-19(18-4-3-5-21(24)12-18)15-28(14-17)13-16-6-8-20(9-7-16)23(25,26)27;/h3-10,12,14-15H,2,11,13H2,1H3;1H/q+1;/p-1. The van der Waals surface area contributed by atoms with E-state index in [9.17, 15) is 18.0 Å². The van der Waals surface area contributed by atoms with Gasteiger partial charge in [0.25, 0.3) is 0 Å². The van der Waals surface area contributed by atoms with Crippen LogP contribution in [0.1, 0.15) is 23.6 Å². The third-order valence-electron chi connectivity index (χ3n) is 4.44. The van der Waals surface area contributed by atoms with E-state index < -0.39 is 11.7 Å². The number of esters is 1. The summed E-state index contributed by atoms with van der Waals surface area (Å²) in [6, 6.07) is 14.2. The molecule has 8 heteroatoms. The highest BCUT2D eigenvalue weighted by Crippen LogP contribution is 2.29. The molecule has 0 unspecified atom stereocenters. The number of hydrogen-bond donors (Lipinski definition) is 0. The second kappa shape index (κ2) is 10.8. The second-order valence-corrected chi connectivity index (χ2v) is 7.23. The molecule has 164 valence electrons. The summed E-state index contributed by atoms with van der Waals surface area (Å²) in [5.74, 6) is -0.346. The van der Waals surface area contributed by atoms with Gasteiger partial charge in [-0.2, -0.15) is 17.7 Å². The number of carbonyl (C=O) groups excluding carboxylic acids is 1. The largest absolute Gasteiger partial charge is 1.00 e. The Morgan fingerprint density at radius 3 is 2.32 bits per heavy atom. The zero-order valence-electron chi connectivity index (χ0n) is 16.6. The smallest absolute Gasteiger partial charge is 0.416 e.